The highest BCUT2D eigenvalue weighted by Gasteiger charge is 2.20. The van der Waals surface area contributed by atoms with E-state index >= 15 is 0 Å². The van der Waals surface area contributed by atoms with Crippen molar-refractivity contribution in [1.82, 2.24) is 0 Å². The second kappa shape index (κ2) is 5.64. The van der Waals surface area contributed by atoms with Gasteiger partial charge < -0.3 is 10.5 Å². The summed E-state index contributed by atoms with van der Waals surface area (Å²) in [6.45, 7) is 7.50. The molecule has 0 heterocycles. The molecular weight excluding hydrogens is 214 g/mol. The lowest BCUT2D eigenvalue weighted by atomic mass is 9.97. The third-order valence-electron chi connectivity index (χ3n) is 2.90. The van der Waals surface area contributed by atoms with E-state index in [4.69, 9.17) is 10.5 Å². The molecule has 0 saturated carbocycles. The number of carbonyl (C=O) groups is 1. The highest BCUT2D eigenvalue weighted by molar-refractivity contribution is 6.02. The molecule has 0 aliphatic rings. The number of Topliss-reactive ketones (excluding diaryl/α,β-unsaturated/α-hetero) is 1. The van der Waals surface area contributed by atoms with Crippen LogP contribution in [0.2, 0.25) is 0 Å². The third-order valence-corrected chi connectivity index (χ3v) is 2.90. The fourth-order valence-corrected chi connectivity index (χ4v) is 1.73. The van der Waals surface area contributed by atoms with Crippen molar-refractivity contribution >= 4 is 5.78 Å². The lowest BCUT2D eigenvalue weighted by molar-refractivity contribution is 0.0959. The Kier molecular flexibility index (Phi) is 4.46. The predicted molar refractivity (Wildman–Crippen MR) is 69.6 cm³/mol. The van der Waals surface area contributed by atoms with Gasteiger partial charge in [0.25, 0.3) is 0 Å². The van der Waals surface area contributed by atoms with Crippen molar-refractivity contribution in [2.24, 2.45) is 5.73 Å². The van der Waals surface area contributed by atoms with E-state index in [1.54, 1.807) is 19.3 Å². The van der Waals surface area contributed by atoms with Gasteiger partial charge >= 0.3 is 0 Å². The molecule has 0 saturated heterocycles. The predicted octanol–water partition coefficient (Wildman–Crippen LogP) is 2.40. The Bertz CT molecular complexity index is 438. The highest BCUT2D eigenvalue weighted by Crippen LogP contribution is 2.27. The molecule has 2 N–H and O–H groups in total. The summed E-state index contributed by atoms with van der Waals surface area (Å²) < 4.78 is 5.30. The zero-order valence-corrected chi connectivity index (χ0v) is 10.6. The second-order valence-electron chi connectivity index (χ2n) is 4.08. The summed E-state index contributed by atoms with van der Waals surface area (Å²) in [7, 11) is 1.57. The van der Waals surface area contributed by atoms with Crippen molar-refractivity contribution in [3.8, 4) is 5.75 Å². The Labute approximate surface area is 102 Å². The average Bonchev–Trinajstić information content (AvgIpc) is 2.31. The maximum absolute atomic E-state index is 12.1. The van der Waals surface area contributed by atoms with Crippen LogP contribution in [0.5, 0.6) is 5.75 Å². The fourth-order valence-electron chi connectivity index (χ4n) is 1.73. The maximum Gasteiger partial charge on any atom is 0.183 e. The number of nitrogens with two attached hydrogens (primary N) is 1. The van der Waals surface area contributed by atoms with Crippen LogP contribution in [0.3, 0.4) is 0 Å². The van der Waals surface area contributed by atoms with Gasteiger partial charge in [0.15, 0.2) is 5.78 Å². The molecule has 1 atom stereocenters. The van der Waals surface area contributed by atoms with Crippen molar-refractivity contribution in [1.29, 1.82) is 0 Å². The van der Waals surface area contributed by atoms with Crippen molar-refractivity contribution in [3.05, 3.63) is 41.5 Å². The quantitative estimate of drug-likeness (QED) is 0.627. The number of hydrogen-bond donors (Lipinski definition) is 1. The molecule has 0 amide bonds. The van der Waals surface area contributed by atoms with E-state index in [1.165, 1.54) is 0 Å². The number of carbonyl (C=O) groups excluding carboxylic acids is 1. The first-order valence-corrected chi connectivity index (χ1v) is 5.57. The largest absolute Gasteiger partial charge is 0.496 e. The van der Waals surface area contributed by atoms with Crippen molar-refractivity contribution in [3.63, 3.8) is 0 Å². The smallest absolute Gasteiger partial charge is 0.183 e. The topological polar surface area (TPSA) is 52.3 Å². The number of methoxy groups -OCH3 is 1. The van der Waals surface area contributed by atoms with Gasteiger partial charge in [0.1, 0.15) is 5.75 Å². The van der Waals surface area contributed by atoms with E-state index in [0.29, 0.717) is 17.7 Å². The number of ether oxygens (including phenoxy) is 1. The van der Waals surface area contributed by atoms with E-state index < -0.39 is 6.04 Å². The lowest BCUT2D eigenvalue weighted by Crippen LogP contribution is -2.30. The first-order valence-electron chi connectivity index (χ1n) is 5.57. The average molecular weight is 233 g/mol. The molecule has 0 bridgehead atoms. The molecule has 17 heavy (non-hydrogen) atoms. The minimum absolute atomic E-state index is 0.107. The Balaban J connectivity index is 3.18. The van der Waals surface area contributed by atoms with Gasteiger partial charge in [-0.3, -0.25) is 4.79 Å². The Hall–Kier alpha value is -1.61. The number of hydrogen-bond acceptors (Lipinski definition) is 3. The van der Waals surface area contributed by atoms with E-state index in [2.05, 4.69) is 6.58 Å². The molecule has 1 aromatic carbocycles. The Morgan fingerprint density at radius 2 is 2.18 bits per heavy atom. The standard InChI is InChI=1S/C14H19NO2/c1-5-6-12(15)13(16)11-8-7-9(2)10(3)14(11)17-4/h5,7-8,12H,1,6,15H2,2-4H3. The normalized spacial score (nSPS) is 12.0. The summed E-state index contributed by atoms with van der Waals surface area (Å²) in [5.74, 6) is 0.513. The first kappa shape index (κ1) is 13.5. The Morgan fingerprint density at radius 1 is 1.53 bits per heavy atom. The minimum atomic E-state index is -0.552. The van der Waals surface area contributed by atoms with Gasteiger partial charge in [-0.15, -0.1) is 6.58 Å². The van der Waals surface area contributed by atoms with E-state index in [1.807, 2.05) is 19.9 Å². The zero-order valence-electron chi connectivity index (χ0n) is 10.6. The van der Waals surface area contributed by atoms with Crippen LogP contribution in [0.1, 0.15) is 27.9 Å². The summed E-state index contributed by atoms with van der Waals surface area (Å²) in [4.78, 5) is 12.1. The summed E-state index contributed by atoms with van der Waals surface area (Å²) in [5.41, 5.74) is 8.41. The lowest BCUT2D eigenvalue weighted by Gasteiger charge is -2.15. The molecule has 3 nitrogen and oxygen atoms in total. The van der Waals surface area contributed by atoms with Crippen LogP contribution in [0.25, 0.3) is 0 Å². The van der Waals surface area contributed by atoms with Crippen LogP contribution < -0.4 is 10.5 Å². The summed E-state index contributed by atoms with van der Waals surface area (Å²) in [6, 6.07) is 3.13. The molecule has 0 spiro atoms. The van der Waals surface area contributed by atoms with Gasteiger partial charge in [-0.25, -0.2) is 0 Å². The third kappa shape index (κ3) is 2.74. The van der Waals surface area contributed by atoms with Crippen molar-refractivity contribution < 1.29 is 9.53 Å². The van der Waals surface area contributed by atoms with Crippen LogP contribution in [-0.4, -0.2) is 18.9 Å². The number of ketones is 1. The molecule has 0 fully saturated rings. The molecular formula is C14H19NO2. The van der Waals surface area contributed by atoms with Crippen molar-refractivity contribution in [2.45, 2.75) is 26.3 Å². The highest BCUT2D eigenvalue weighted by atomic mass is 16.5. The molecule has 3 heteroatoms. The van der Waals surface area contributed by atoms with Crippen LogP contribution >= 0.6 is 0 Å². The van der Waals surface area contributed by atoms with Gasteiger partial charge in [-0.05, 0) is 37.5 Å². The zero-order chi connectivity index (χ0) is 13.0. The summed E-state index contributed by atoms with van der Waals surface area (Å²) >= 11 is 0. The van der Waals surface area contributed by atoms with E-state index in [0.717, 1.165) is 11.1 Å². The van der Waals surface area contributed by atoms with Gasteiger partial charge in [0.05, 0.1) is 18.7 Å². The monoisotopic (exact) mass is 233 g/mol. The van der Waals surface area contributed by atoms with Gasteiger partial charge in [-0.1, -0.05) is 12.1 Å². The minimum Gasteiger partial charge on any atom is -0.496 e. The number of benzene rings is 1. The molecule has 0 radical (unpaired) electrons. The van der Waals surface area contributed by atoms with Crippen LogP contribution in [0, 0.1) is 13.8 Å². The fraction of sp³-hybridized carbons (Fsp3) is 0.357. The Morgan fingerprint density at radius 3 is 2.71 bits per heavy atom. The summed E-state index contributed by atoms with van der Waals surface area (Å²) in [5, 5.41) is 0. The van der Waals surface area contributed by atoms with E-state index in [9.17, 15) is 4.79 Å². The van der Waals surface area contributed by atoms with Crippen LogP contribution in [-0.2, 0) is 0 Å². The maximum atomic E-state index is 12.1. The first-order chi connectivity index (χ1) is 8.02. The van der Waals surface area contributed by atoms with Gasteiger partial charge in [0.2, 0.25) is 0 Å². The van der Waals surface area contributed by atoms with E-state index in [-0.39, 0.29) is 5.78 Å². The SMILES string of the molecule is C=CCC(N)C(=O)c1ccc(C)c(C)c1OC. The summed E-state index contributed by atoms with van der Waals surface area (Å²) in [6.07, 6.45) is 2.12. The second-order valence-corrected chi connectivity index (χ2v) is 4.08. The van der Waals surface area contributed by atoms with Crippen molar-refractivity contribution in [2.75, 3.05) is 7.11 Å². The van der Waals surface area contributed by atoms with Gasteiger partial charge in [-0.2, -0.15) is 0 Å². The molecule has 0 aliphatic carbocycles. The molecule has 1 rings (SSSR count). The molecule has 0 aromatic heterocycles. The molecule has 92 valence electrons. The van der Waals surface area contributed by atoms with Gasteiger partial charge in [0, 0.05) is 0 Å². The number of aryl methyl sites for hydroxylation is 1. The molecule has 1 unspecified atom stereocenters. The molecule has 1 aromatic rings. The number of rotatable bonds is 5. The molecule has 0 aliphatic heterocycles. The van der Waals surface area contributed by atoms with Crippen LogP contribution in [0.15, 0.2) is 24.8 Å². The van der Waals surface area contributed by atoms with Crippen LogP contribution in [0.4, 0.5) is 0 Å².